The Morgan fingerprint density at radius 1 is 1.29 bits per heavy atom. The van der Waals surface area contributed by atoms with E-state index in [-0.39, 0.29) is 11.1 Å². The van der Waals surface area contributed by atoms with Crippen molar-refractivity contribution in [2.45, 2.75) is 30.3 Å². The number of thioether (sulfide) groups is 1. The lowest BCUT2D eigenvalue weighted by molar-refractivity contribution is 0.243. The molecule has 8 heteroatoms. The molecule has 1 N–H and O–H groups in total. The fourth-order valence-corrected chi connectivity index (χ4v) is 5.74. The van der Waals surface area contributed by atoms with Crippen LogP contribution in [0.25, 0.3) is 0 Å². The van der Waals surface area contributed by atoms with Crippen LogP contribution in [0.3, 0.4) is 0 Å². The molecular weight excluding hydrogens is 308 g/mol. The van der Waals surface area contributed by atoms with Crippen LogP contribution in [0.2, 0.25) is 0 Å². The van der Waals surface area contributed by atoms with Crippen LogP contribution in [-0.2, 0) is 10.0 Å². The number of aromatic amines is 1. The summed E-state index contributed by atoms with van der Waals surface area (Å²) in [6.45, 7) is 3.64. The molecule has 118 valence electrons. The van der Waals surface area contributed by atoms with E-state index in [1.807, 2.05) is 11.8 Å². The first kappa shape index (κ1) is 15.3. The molecule has 2 saturated heterocycles. The van der Waals surface area contributed by atoms with Crippen LogP contribution in [0.4, 0.5) is 0 Å². The summed E-state index contributed by atoms with van der Waals surface area (Å²) < 4.78 is 27.3. The molecule has 0 aromatic carbocycles. The number of H-pyrrole nitrogens is 1. The Kier molecular flexibility index (Phi) is 4.88. The van der Waals surface area contributed by atoms with E-state index in [4.69, 9.17) is 0 Å². The molecule has 0 saturated carbocycles. The minimum atomic E-state index is -3.46. The molecule has 1 unspecified atom stereocenters. The predicted octanol–water partition coefficient (Wildman–Crippen LogP) is 1.00. The van der Waals surface area contributed by atoms with Gasteiger partial charge < -0.3 is 9.88 Å². The lowest BCUT2D eigenvalue weighted by Crippen LogP contribution is -2.47. The molecule has 0 radical (unpaired) electrons. The van der Waals surface area contributed by atoms with Gasteiger partial charge in [0.25, 0.3) is 10.0 Å². The molecule has 3 rings (SSSR count). The topological polar surface area (TPSA) is 69.3 Å². The van der Waals surface area contributed by atoms with Crippen LogP contribution in [0.1, 0.15) is 19.3 Å². The normalized spacial score (nSPS) is 26.0. The van der Waals surface area contributed by atoms with E-state index in [1.165, 1.54) is 25.4 Å². The molecule has 0 amide bonds. The Bertz CT molecular complexity index is 541. The molecule has 2 aliphatic heterocycles. The minimum absolute atomic E-state index is 0.0592. The predicted molar refractivity (Wildman–Crippen MR) is 83.9 cm³/mol. The van der Waals surface area contributed by atoms with Gasteiger partial charge in [-0.25, -0.2) is 13.4 Å². The fourth-order valence-electron chi connectivity index (χ4n) is 3.04. The van der Waals surface area contributed by atoms with Crippen LogP contribution in [0.5, 0.6) is 0 Å². The summed E-state index contributed by atoms with van der Waals surface area (Å²) in [6, 6.07) is 0.0592. The lowest BCUT2D eigenvalue weighted by Gasteiger charge is -2.31. The number of sulfonamides is 1. The Morgan fingerprint density at radius 3 is 2.81 bits per heavy atom. The van der Waals surface area contributed by atoms with Gasteiger partial charge in [0.2, 0.25) is 0 Å². The van der Waals surface area contributed by atoms with Gasteiger partial charge >= 0.3 is 0 Å². The number of aromatic nitrogens is 2. The number of hydrogen-bond acceptors (Lipinski definition) is 5. The van der Waals surface area contributed by atoms with Crippen molar-refractivity contribution in [1.82, 2.24) is 19.2 Å². The number of hydrogen-bond donors (Lipinski definition) is 1. The fraction of sp³-hybridized carbons (Fsp3) is 0.769. The van der Waals surface area contributed by atoms with Gasteiger partial charge in [0.05, 0.1) is 12.5 Å². The molecule has 6 nitrogen and oxygen atoms in total. The highest BCUT2D eigenvalue weighted by Gasteiger charge is 2.34. The molecule has 1 aromatic heterocycles. The first-order valence-corrected chi connectivity index (χ1v) is 10.1. The monoisotopic (exact) mass is 330 g/mol. The first-order chi connectivity index (χ1) is 10.2. The maximum Gasteiger partial charge on any atom is 0.260 e. The molecular formula is C13H22N4O2S2. The van der Waals surface area contributed by atoms with Gasteiger partial charge in [0.15, 0.2) is 5.03 Å². The first-order valence-electron chi connectivity index (χ1n) is 7.48. The van der Waals surface area contributed by atoms with E-state index in [2.05, 4.69) is 14.9 Å². The van der Waals surface area contributed by atoms with Crippen molar-refractivity contribution in [2.75, 3.05) is 37.7 Å². The third-order valence-electron chi connectivity index (χ3n) is 4.11. The number of nitrogens with one attached hydrogen (secondary N) is 1. The standard InChI is InChI=1S/C13H22N4O2S2/c18-21(19,13-8-14-11-15-13)17-6-3-7-20-10-12(17)9-16-4-1-2-5-16/h8,11-12H,1-7,9-10H2,(H,14,15). The van der Waals surface area contributed by atoms with Crippen LogP contribution >= 0.6 is 11.8 Å². The third-order valence-corrected chi connectivity index (χ3v) is 7.19. The van der Waals surface area contributed by atoms with Crippen LogP contribution in [0.15, 0.2) is 17.6 Å². The second-order valence-electron chi connectivity index (χ2n) is 5.62. The van der Waals surface area contributed by atoms with E-state index in [9.17, 15) is 8.42 Å². The largest absolute Gasteiger partial charge is 0.335 e. The van der Waals surface area contributed by atoms with Crippen molar-refractivity contribution in [3.8, 4) is 0 Å². The highest BCUT2D eigenvalue weighted by Crippen LogP contribution is 2.24. The molecule has 1 atom stereocenters. The van der Waals surface area contributed by atoms with Crippen LogP contribution in [0, 0.1) is 0 Å². The minimum Gasteiger partial charge on any atom is -0.335 e. The van der Waals surface area contributed by atoms with Crippen molar-refractivity contribution >= 4 is 21.8 Å². The van der Waals surface area contributed by atoms with Gasteiger partial charge in [0.1, 0.15) is 0 Å². The second kappa shape index (κ2) is 6.68. The van der Waals surface area contributed by atoms with E-state index >= 15 is 0 Å². The van der Waals surface area contributed by atoms with E-state index in [1.54, 1.807) is 4.31 Å². The van der Waals surface area contributed by atoms with Gasteiger partial charge in [-0.2, -0.15) is 16.1 Å². The zero-order valence-electron chi connectivity index (χ0n) is 12.1. The molecule has 21 heavy (non-hydrogen) atoms. The Morgan fingerprint density at radius 2 is 2.10 bits per heavy atom. The summed E-state index contributed by atoms with van der Waals surface area (Å²) in [6.07, 6.45) is 6.20. The lowest BCUT2D eigenvalue weighted by atomic mass is 10.3. The molecule has 2 fully saturated rings. The highest BCUT2D eigenvalue weighted by molar-refractivity contribution is 7.99. The van der Waals surface area contributed by atoms with Gasteiger partial charge in [-0.1, -0.05) is 0 Å². The smallest absolute Gasteiger partial charge is 0.260 e. The van der Waals surface area contributed by atoms with Gasteiger partial charge in [-0.05, 0) is 38.1 Å². The van der Waals surface area contributed by atoms with Crippen molar-refractivity contribution < 1.29 is 8.42 Å². The second-order valence-corrected chi connectivity index (χ2v) is 8.63. The van der Waals surface area contributed by atoms with E-state index in [0.29, 0.717) is 6.54 Å². The summed E-state index contributed by atoms with van der Waals surface area (Å²) in [5.74, 6) is 1.91. The van der Waals surface area contributed by atoms with Crippen molar-refractivity contribution in [3.05, 3.63) is 12.5 Å². The van der Waals surface area contributed by atoms with Crippen molar-refractivity contribution in [1.29, 1.82) is 0 Å². The van der Waals surface area contributed by atoms with Crippen molar-refractivity contribution in [3.63, 3.8) is 0 Å². The Hall–Kier alpha value is -0.570. The molecule has 0 aliphatic carbocycles. The van der Waals surface area contributed by atoms with Gasteiger partial charge in [0, 0.05) is 24.9 Å². The zero-order valence-corrected chi connectivity index (χ0v) is 13.7. The summed E-state index contributed by atoms with van der Waals surface area (Å²) in [7, 11) is -3.46. The van der Waals surface area contributed by atoms with E-state index in [0.717, 1.165) is 37.6 Å². The number of nitrogens with zero attached hydrogens (tertiary/aromatic N) is 3. The highest BCUT2D eigenvalue weighted by atomic mass is 32.2. The summed E-state index contributed by atoms with van der Waals surface area (Å²) in [5.41, 5.74) is 0. The Labute approximate surface area is 130 Å². The summed E-state index contributed by atoms with van der Waals surface area (Å²) in [5, 5.41) is 0.209. The average Bonchev–Trinajstić information content (AvgIpc) is 3.10. The molecule has 2 aliphatic rings. The molecule has 0 spiro atoms. The summed E-state index contributed by atoms with van der Waals surface area (Å²) in [4.78, 5) is 9.00. The van der Waals surface area contributed by atoms with Crippen LogP contribution < -0.4 is 0 Å². The number of likely N-dealkylation sites (tertiary alicyclic amines) is 1. The van der Waals surface area contributed by atoms with Crippen LogP contribution in [-0.4, -0.2) is 71.3 Å². The maximum atomic E-state index is 12.8. The number of imidazole rings is 1. The number of rotatable bonds is 4. The third kappa shape index (κ3) is 3.44. The molecule has 3 heterocycles. The molecule has 1 aromatic rings. The zero-order chi connectivity index (χ0) is 14.7. The van der Waals surface area contributed by atoms with Gasteiger partial charge in [-0.15, -0.1) is 0 Å². The SMILES string of the molecule is O=S(=O)(c1cnc[nH]1)N1CCCSCC1CN1CCCC1. The average molecular weight is 330 g/mol. The van der Waals surface area contributed by atoms with Gasteiger partial charge in [-0.3, -0.25) is 0 Å². The maximum absolute atomic E-state index is 12.8. The molecule has 0 bridgehead atoms. The van der Waals surface area contributed by atoms with Crippen molar-refractivity contribution in [2.24, 2.45) is 0 Å². The summed E-state index contributed by atoms with van der Waals surface area (Å²) >= 11 is 1.87. The quantitative estimate of drug-likeness (QED) is 0.892. The Balaban J connectivity index is 1.81. The van der Waals surface area contributed by atoms with E-state index < -0.39 is 10.0 Å².